The van der Waals surface area contributed by atoms with Crippen LogP contribution in [-0.2, 0) is 16.1 Å². The second kappa shape index (κ2) is 8.74. The van der Waals surface area contributed by atoms with Crippen LogP contribution >= 0.6 is 0 Å². The molecule has 0 saturated carbocycles. The summed E-state index contributed by atoms with van der Waals surface area (Å²) in [7, 11) is 3.23. The molecule has 0 aliphatic carbocycles. The molecule has 1 N–H and O–H groups in total. The van der Waals surface area contributed by atoms with Crippen molar-refractivity contribution in [3.8, 4) is 11.5 Å². The van der Waals surface area contributed by atoms with Gasteiger partial charge in [0.25, 0.3) is 0 Å². The first kappa shape index (κ1) is 14.8. The third-order valence-electron chi connectivity index (χ3n) is 2.28. The molecular weight excluding hydrogens is 236 g/mol. The zero-order valence-corrected chi connectivity index (χ0v) is 10.8. The van der Waals surface area contributed by atoms with Gasteiger partial charge < -0.3 is 24.1 Å². The molecule has 0 bridgehead atoms. The minimum Gasteiger partial charge on any atom is -0.487 e. The average Bonchev–Trinajstić information content (AvgIpc) is 2.40. The van der Waals surface area contributed by atoms with Gasteiger partial charge in [-0.3, -0.25) is 0 Å². The number of aliphatic hydroxyl groups excluding tert-OH is 1. The van der Waals surface area contributed by atoms with E-state index in [1.54, 1.807) is 32.4 Å². The zero-order valence-electron chi connectivity index (χ0n) is 10.8. The SMILES string of the molecule is COCCOc1ccc(CO)cc1OCCOC. The molecule has 0 unspecified atom stereocenters. The molecule has 0 aliphatic heterocycles. The fraction of sp³-hybridized carbons (Fsp3) is 0.538. The highest BCUT2D eigenvalue weighted by Gasteiger charge is 2.06. The van der Waals surface area contributed by atoms with Crippen LogP contribution in [0.4, 0.5) is 0 Å². The molecule has 102 valence electrons. The number of benzene rings is 1. The molecule has 5 nitrogen and oxygen atoms in total. The number of hydrogen-bond acceptors (Lipinski definition) is 5. The van der Waals surface area contributed by atoms with Gasteiger partial charge in [0.1, 0.15) is 13.2 Å². The van der Waals surface area contributed by atoms with Crippen molar-refractivity contribution in [3.63, 3.8) is 0 Å². The Morgan fingerprint density at radius 2 is 1.50 bits per heavy atom. The second-order valence-electron chi connectivity index (χ2n) is 3.62. The van der Waals surface area contributed by atoms with Crippen molar-refractivity contribution in [1.82, 2.24) is 0 Å². The van der Waals surface area contributed by atoms with Crippen molar-refractivity contribution < 1.29 is 24.1 Å². The van der Waals surface area contributed by atoms with Gasteiger partial charge >= 0.3 is 0 Å². The summed E-state index contributed by atoms with van der Waals surface area (Å²) < 4.78 is 20.9. The maximum Gasteiger partial charge on any atom is 0.161 e. The van der Waals surface area contributed by atoms with E-state index in [2.05, 4.69) is 0 Å². The fourth-order valence-corrected chi connectivity index (χ4v) is 1.35. The van der Waals surface area contributed by atoms with E-state index in [4.69, 9.17) is 24.1 Å². The number of rotatable bonds is 9. The average molecular weight is 256 g/mol. The molecule has 0 atom stereocenters. The summed E-state index contributed by atoms with van der Waals surface area (Å²) in [6, 6.07) is 5.34. The maximum absolute atomic E-state index is 9.10. The van der Waals surface area contributed by atoms with Crippen LogP contribution in [-0.4, -0.2) is 45.8 Å². The van der Waals surface area contributed by atoms with Crippen molar-refractivity contribution in [2.45, 2.75) is 6.61 Å². The van der Waals surface area contributed by atoms with Crippen LogP contribution in [0.5, 0.6) is 11.5 Å². The van der Waals surface area contributed by atoms with E-state index >= 15 is 0 Å². The van der Waals surface area contributed by atoms with Crippen LogP contribution in [0.2, 0.25) is 0 Å². The lowest BCUT2D eigenvalue weighted by atomic mass is 10.2. The third kappa shape index (κ3) is 4.91. The lowest BCUT2D eigenvalue weighted by molar-refractivity contribution is 0.132. The summed E-state index contributed by atoms with van der Waals surface area (Å²) in [6.45, 7) is 1.88. The first-order chi connectivity index (χ1) is 8.81. The standard InChI is InChI=1S/C13H20O5/c1-15-5-7-17-12-4-3-11(10-14)9-13(12)18-8-6-16-2/h3-4,9,14H,5-8,10H2,1-2H3. The Kier molecular flexibility index (Phi) is 7.17. The van der Waals surface area contributed by atoms with Gasteiger partial charge in [0.15, 0.2) is 11.5 Å². The van der Waals surface area contributed by atoms with Crippen molar-refractivity contribution in [2.24, 2.45) is 0 Å². The van der Waals surface area contributed by atoms with E-state index in [1.165, 1.54) is 0 Å². The Morgan fingerprint density at radius 3 is 2.06 bits per heavy atom. The molecule has 0 radical (unpaired) electrons. The first-order valence-electron chi connectivity index (χ1n) is 5.79. The summed E-state index contributed by atoms with van der Waals surface area (Å²) >= 11 is 0. The maximum atomic E-state index is 9.10. The molecule has 0 amide bonds. The lowest BCUT2D eigenvalue weighted by Gasteiger charge is -2.13. The Hall–Kier alpha value is -1.30. The fourth-order valence-electron chi connectivity index (χ4n) is 1.35. The molecule has 5 heteroatoms. The highest BCUT2D eigenvalue weighted by molar-refractivity contribution is 5.42. The number of hydrogen-bond donors (Lipinski definition) is 1. The van der Waals surface area contributed by atoms with Gasteiger partial charge in [0, 0.05) is 14.2 Å². The zero-order chi connectivity index (χ0) is 13.2. The smallest absolute Gasteiger partial charge is 0.161 e. The summed E-state index contributed by atoms with van der Waals surface area (Å²) in [4.78, 5) is 0. The summed E-state index contributed by atoms with van der Waals surface area (Å²) in [5.41, 5.74) is 0.779. The minimum atomic E-state index is -0.0288. The van der Waals surface area contributed by atoms with Gasteiger partial charge in [0.2, 0.25) is 0 Å². The van der Waals surface area contributed by atoms with Crippen LogP contribution in [0.1, 0.15) is 5.56 Å². The van der Waals surface area contributed by atoms with Crippen LogP contribution in [0.15, 0.2) is 18.2 Å². The van der Waals surface area contributed by atoms with Gasteiger partial charge in [-0.05, 0) is 17.7 Å². The molecule has 0 aromatic heterocycles. The Bertz CT molecular complexity index is 340. The first-order valence-corrected chi connectivity index (χ1v) is 5.79. The number of methoxy groups -OCH3 is 2. The Labute approximate surface area is 107 Å². The van der Waals surface area contributed by atoms with Gasteiger partial charge in [-0.15, -0.1) is 0 Å². The molecule has 0 heterocycles. The molecule has 0 fully saturated rings. The summed E-state index contributed by atoms with van der Waals surface area (Å²) in [5, 5.41) is 9.10. The van der Waals surface area contributed by atoms with E-state index in [1.807, 2.05) is 0 Å². The number of aliphatic hydroxyl groups is 1. The summed E-state index contributed by atoms with van der Waals surface area (Å²) in [6.07, 6.45) is 0. The van der Waals surface area contributed by atoms with Crippen molar-refractivity contribution in [2.75, 3.05) is 40.6 Å². The van der Waals surface area contributed by atoms with Gasteiger partial charge in [-0.2, -0.15) is 0 Å². The normalized spacial score (nSPS) is 10.4. The van der Waals surface area contributed by atoms with Crippen LogP contribution in [0.3, 0.4) is 0 Å². The molecule has 18 heavy (non-hydrogen) atoms. The van der Waals surface area contributed by atoms with Crippen LogP contribution in [0, 0.1) is 0 Å². The largest absolute Gasteiger partial charge is 0.487 e. The van der Waals surface area contributed by atoms with E-state index in [0.717, 1.165) is 5.56 Å². The van der Waals surface area contributed by atoms with Crippen LogP contribution < -0.4 is 9.47 Å². The molecular formula is C13H20O5. The van der Waals surface area contributed by atoms with E-state index in [9.17, 15) is 0 Å². The molecule has 0 saturated heterocycles. The quantitative estimate of drug-likeness (QED) is 0.673. The van der Waals surface area contributed by atoms with E-state index in [-0.39, 0.29) is 6.61 Å². The molecule has 0 spiro atoms. The number of ether oxygens (including phenoxy) is 4. The monoisotopic (exact) mass is 256 g/mol. The Balaban J connectivity index is 2.66. The van der Waals surface area contributed by atoms with Crippen molar-refractivity contribution in [3.05, 3.63) is 23.8 Å². The van der Waals surface area contributed by atoms with Crippen LogP contribution in [0.25, 0.3) is 0 Å². The topological polar surface area (TPSA) is 57.2 Å². The van der Waals surface area contributed by atoms with Gasteiger partial charge in [-0.1, -0.05) is 6.07 Å². The summed E-state index contributed by atoms with van der Waals surface area (Å²) in [5.74, 6) is 1.25. The Morgan fingerprint density at radius 1 is 0.889 bits per heavy atom. The van der Waals surface area contributed by atoms with Crippen molar-refractivity contribution >= 4 is 0 Å². The molecule has 0 aliphatic rings. The van der Waals surface area contributed by atoms with Crippen molar-refractivity contribution in [1.29, 1.82) is 0 Å². The van der Waals surface area contributed by atoms with Gasteiger partial charge in [0.05, 0.1) is 19.8 Å². The predicted molar refractivity (Wildman–Crippen MR) is 67.1 cm³/mol. The second-order valence-corrected chi connectivity index (χ2v) is 3.62. The lowest BCUT2D eigenvalue weighted by Crippen LogP contribution is -2.08. The van der Waals surface area contributed by atoms with E-state index < -0.39 is 0 Å². The minimum absolute atomic E-state index is 0.0288. The highest BCUT2D eigenvalue weighted by atomic mass is 16.5. The van der Waals surface area contributed by atoms with Gasteiger partial charge in [-0.25, -0.2) is 0 Å². The molecule has 1 aromatic rings. The third-order valence-corrected chi connectivity index (χ3v) is 2.28. The predicted octanol–water partition coefficient (Wildman–Crippen LogP) is 1.23. The van der Waals surface area contributed by atoms with E-state index in [0.29, 0.717) is 37.9 Å². The molecule has 1 aromatic carbocycles. The molecule has 1 rings (SSSR count). The highest BCUT2D eigenvalue weighted by Crippen LogP contribution is 2.28.